The van der Waals surface area contributed by atoms with E-state index in [1.807, 2.05) is 12.1 Å². The van der Waals surface area contributed by atoms with Gasteiger partial charge in [0.15, 0.2) is 0 Å². The zero-order valence-corrected chi connectivity index (χ0v) is 27.2. The van der Waals surface area contributed by atoms with Gasteiger partial charge in [-0.15, -0.1) is 0 Å². The third-order valence-corrected chi connectivity index (χ3v) is 10.3. The van der Waals surface area contributed by atoms with Crippen molar-refractivity contribution in [3.8, 4) is 39.6 Å². The number of hydrogen-bond donors (Lipinski definition) is 0. The van der Waals surface area contributed by atoms with Crippen LogP contribution in [-0.2, 0) is 5.41 Å². The Morgan fingerprint density at radius 2 is 0.940 bits per heavy atom. The SMILES string of the molecule is c1ccc(-c2cc(-c3ccccc3)nc(-n3c4ccccc4c4c5c(ccc43)C(c3ccccc3)(c3ccccc3)c3ccccc3-5)n2)cc1. The van der Waals surface area contributed by atoms with Gasteiger partial charge < -0.3 is 0 Å². The van der Waals surface area contributed by atoms with Gasteiger partial charge in [0.1, 0.15) is 0 Å². The molecule has 0 atom stereocenters. The van der Waals surface area contributed by atoms with E-state index in [1.54, 1.807) is 0 Å². The maximum absolute atomic E-state index is 5.29. The summed E-state index contributed by atoms with van der Waals surface area (Å²) in [5, 5.41) is 2.40. The largest absolute Gasteiger partial charge is 0.278 e. The van der Waals surface area contributed by atoms with Crippen LogP contribution in [0.15, 0.2) is 188 Å². The maximum atomic E-state index is 5.29. The second-order valence-electron chi connectivity index (χ2n) is 12.9. The molecule has 3 heteroatoms. The van der Waals surface area contributed by atoms with Gasteiger partial charge in [-0.25, -0.2) is 9.97 Å². The zero-order chi connectivity index (χ0) is 33.1. The number of para-hydroxylation sites is 1. The first-order valence-electron chi connectivity index (χ1n) is 17.1. The van der Waals surface area contributed by atoms with E-state index in [0.717, 1.165) is 33.5 Å². The monoisotopic (exact) mass is 637 g/mol. The van der Waals surface area contributed by atoms with Crippen LogP contribution in [0, 0.1) is 0 Å². The van der Waals surface area contributed by atoms with Crippen molar-refractivity contribution in [3.63, 3.8) is 0 Å². The fourth-order valence-electron chi connectivity index (χ4n) is 8.25. The standard InChI is InChI=1S/C47H31N3/c1-5-17-32(18-6-1)40-31-41(33-19-7-2-8-20-33)49-46(48-40)50-42-28-16-14-26-37(42)45-43(50)30-29-39-44(45)36-25-13-15-27-38(36)47(39,34-21-9-3-10-22-34)35-23-11-4-12-24-35/h1-31H. The van der Waals surface area contributed by atoms with Crippen LogP contribution in [0.5, 0.6) is 0 Å². The third kappa shape index (κ3) is 4.10. The van der Waals surface area contributed by atoms with Gasteiger partial charge in [-0.2, -0.15) is 0 Å². The Hall–Kier alpha value is -6.58. The highest BCUT2D eigenvalue weighted by Gasteiger charge is 2.47. The summed E-state index contributed by atoms with van der Waals surface area (Å²) in [4.78, 5) is 10.6. The van der Waals surface area contributed by atoms with E-state index in [-0.39, 0.29) is 0 Å². The highest BCUT2D eigenvalue weighted by atomic mass is 15.2. The second kappa shape index (κ2) is 11.3. The van der Waals surface area contributed by atoms with Gasteiger partial charge in [-0.3, -0.25) is 4.57 Å². The Kier molecular flexibility index (Phi) is 6.40. The minimum absolute atomic E-state index is 0.476. The van der Waals surface area contributed by atoms with Crippen LogP contribution >= 0.6 is 0 Å². The van der Waals surface area contributed by atoms with Crippen molar-refractivity contribution in [1.29, 1.82) is 0 Å². The molecule has 0 spiro atoms. The predicted molar refractivity (Wildman–Crippen MR) is 205 cm³/mol. The summed E-state index contributed by atoms with van der Waals surface area (Å²) in [7, 11) is 0. The first kappa shape index (κ1) is 28.4. The highest BCUT2D eigenvalue weighted by Crippen LogP contribution is 2.58. The summed E-state index contributed by atoms with van der Waals surface area (Å²) < 4.78 is 2.26. The van der Waals surface area contributed by atoms with Gasteiger partial charge in [-0.05, 0) is 51.6 Å². The van der Waals surface area contributed by atoms with E-state index in [9.17, 15) is 0 Å². The molecule has 0 saturated heterocycles. The molecule has 0 saturated carbocycles. The molecule has 3 nitrogen and oxygen atoms in total. The second-order valence-corrected chi connectivity index (χ2v) is 12.9. The van der Waals surface area contributed by atoms with Crippen LogP contribution < -0.4 is 0 Å². The molecule has 0 N–H and O–H groups in total. The van der Waals surface area contributed by atoms with E-state index in [0.29, 0.717) is 5.95 Å². The molecular formula is C47H31N3. The van der Waals surface area contributed by atoms with Gasteiger partial charge in [0.2, 0.25) is 5.95 Å². The van der Waals surface area contributed by atoms with E-state index < -0.39 is 5.41 Å². The molecule has 234 valence electrons. The molecule has 0 aliphatic heterocycles. The van der Waals surface area contributed by atoms with Crippen molar-refractivity contribution in [1.82, 2.24) is 14.5 Å². The number of fused-ring (bicyclic) bond motifs is 7. The summed E-state index contributed by atoms with van der Waals surface area (Å²) in [5.41, 5.74) is 13.2. The van der Waals surface area contributed by atoms with Crippen LogP contribution in [0.2, 0.25) is 0 Å². The van der Waals surface area contributed by atoms with Gasteiger partial charge in [-0.1, -0.05) is 170 Å². The molecule has 50 heavy (non-hydrogen) atoms. The van der Waals surface area contributed by atoms with Crippen LogP contribution in [0.4, 0.5) is 0 Å². The van der Waals surface area contributed by atoms with Gasteiger partial charge in [0.05, 0.1) is 27.8 Å². The molecule has 7 aromatic carbocycles. The fourth-order valence-corrected chi connectivity index (χ4v) is 8.25. The zero-order valence-electron chi connectivity index (χ0n) is 27.2. The average Bonchev–Trinajstić information content (AvgIpc) is 3.70. The van der Waals surface area contributed by atoms with Crippen LogP contribution in [0.25, 0.3) is 61.4 Å². The maximum Gasteiger partial charge on any atom is 0.235 e. The molecular weight excluding hydrogens is 607 g/mol. The quantitative estimate of drug-likeness (QED) is 0.188. The molecule has 0 amide bonds. The Morgan fingerprint density at radius 3 is 1.56 bits per heavy atom. The van der Waals surface area contributed by atoms with Crippen LogP contribution in [0.3, 0.4) is 0 Å². The minimum Gasteiger partial charge on any atom is -0.278 e. The first-order chi connectivity index (χ1) is 24.8. The van der Waals surface area contributed by atoms with Crippen molar-refractivity contribution in [2.45, 2.75) is 5.41 Å². The Morgan fingerprint density at radius 1 is 0.420 bits per heavy atom. The molecule has 1 aliphatic rings. The van der Waals surface area contributed by atoms with Crippen LogP contribution in [-0.4, -0.2) is 14.5 Å². The van der Waals surface area contributed by atoms with Crippen molar-refractivity contribution in [3.05, 3.63) is 210 Å². The minimum atomic E-state index is -0.476. The summed E-state index contributed by atoms with van der Waals surface area (Å²) in [6.45, 7) is 0. The highest BCUT2D eigenvalue weighted by molar-refractivity contribution is 6.18. The summed E-state index contributed by atoms with van der Waals surface area (Å²) in [5.74, 6) is 0.653. The van der Waals surface area contributed by atoms with Gasteiger partial charge >= 0.3 is 0 Å². The summed E-state index contributed by atoms with van der Waals surface area (Å²) in [6, 6.07) is 67.2. The lowest BCUT2D eigenvalue weighted by molar-refractivity contribution is 0.769. The lowest BCUT2D eigenvalue weighted by Crippen LogP contribution is -2.28. The lowest BCUT2D eigenvalue weighted by Gasteiger charge is -2.33. The van der Waals surface area contributed by atoms with E-state index in [4.69, 9.17) is 9.97 Å². The smallest absolute Gasteiger partial charge is 0.235 e. The number of rotatable bonds is 5. The lowest BCUT2D eigenvalue weighted by atomic mass is 9.67. The molecule has 10 rings (SSSR count). The van der Waals surface area contributed by atoms with Crippen molar-refractivity contribution in [2.24, 2.45) is 0 Å². The van der Waals surface area contributed by atoms with Crippen molar-refractivity contribution in [2.75, 3.05) is 0 Å². The Labute approximate surface area is 290 Å². The molecule has 2 aromatic heterocycles. The Balaban J connectivity index is 1.33. The van der Waals surface area contributed by atoms with E-state index in [1.165, 1.54) is 44.2 Å². The molecule has 9 aromatic rings. The molecule has 1 aliphatic carbocycles. The van der Waals surface area contributed by atoms with Gasteiger partial charge in [0.25, 0.3) is 0 Å². The van der Waals surface area contributed by atoms with Crippen LogP contribution in [0.1, 0.15) is 22.3 Å². The third-order valence-electron chi connectivity index (χ3n) is 10.3. The van der Waals surface area contributed by atoms with Gasteiger partial charge in [0, 0.05) is 21.9 Å². The average molecular weight is 638 g/mol. The summed E-state index contributed by atoms with van der Waals surface area (Å²) in [6.07, 6.45) is 0. The molecule has 0 fully saturated rings. The Bertz CT molecular complexity index is 2580. The van der Waals surface area contributed by atoms with Crippen molar-refractivity contribution < 1.29 is 0 Å². The van der Waals surface area contributed by atoms with E-state index in [2.05, 4.69) is 180 Å². The molecule has 2 heterocycles. The number of hydrogen-bond acceptors (Lipinski definition) is 2. The number of benzene rings is 7. The topological polar surface area (TPSA) is 30.7 Å². The summed E-state index contributed by atoms with van der Waals surface area (Å²) >= 11 is 0. The predicted octanol–water partition coefficient (Wildman–Crippen LogP) is 11.3. The first-order valence-corrected chi connectivity index (χ1v) is 17.1. The number of aromatic nitrogens is 3. The molecule has 0 unspecified atom stereocenters. The van der Waals surface area contributed by atoms with E-state index >= 15 is 0 Å². The van der Waals surface area contributed by atoms with Crippen molar-refractivity contribution >= 4 is 21.8 Å². The molecule has 0 bridgehead atoms. The molecule has 0 radical (unpaired) electrons. The number of nitrogens with zero attached hydrogens (tertiary/aromatic N) is 3. The fraction of sp³-hybridized carbons (Fsp3) is 0.0213. The normalized spacial score (nSPS) is 13.0.